The van der Waals surface area contributed by atoms with Crippen molar-refractivity contribution in [2.75, 3.05) is 0 Å². The van der Waals surface area contributed by atoms with Crippen molar-refractivity contribution in [2.45, 2.75) is 102 Å². The molecule has 0 aliphatic heterocycles. The first kappa shape index (κ1) is 15.1. The summed E-state index contributed by atoms with van der Waals surface area (Å²) in [6, 6.07) is 0. The Kier molecular flexibility index (Phi) is 8.06. The Morgan fingerprint density at radius 1 is 0.529 bits per heavy atom. The molecular weight excluding hydrogens is 203 g/mol. The molecule has 0 aromatic heterocycles. The van der Waals surface area contributed by atoms with Gasteiger partial charge >= 0.3 is 0 Å². The van der Waals surface area contributed by atoms with Crippen LogP contribution in [0.15, 0.2) is 0 Å². The van der Waals surface area contributed by atoms with Gasteiger partial charge in [-0.25, -0.2) is 0 Å². The van der Waals surface area contributed by atoms with Gasteiger partial charge < -0.3 is 0 Å². The van der Waals surface area contributed by atoms with Crippen LogP contribution in [-0.4, -0.2) is 7.85 Å². The van der Waals surface area contributed by atoms with E-state index >= 15 is 0 Å². The van der Waals surface area contributed by atoms with Crippen molar-refractivity contribution < 1.29 is 0 Å². The van der Waals surface area contributed by atoms with Crippen LogP contribution in [0, 0.1) is 0 Å². The second kappa shape index (κ2) is 9.06. The predicted octanol–water partition coefficient (Wildman–Crippen LogP) is 5.81. The molecule has 1 aliphatic rings. The maximum atomic E-state index is 6.36. The Bertz CT molecular complexity index is 156. The van der Waals surface area contributed by atoms with Crippen LogP contribution >= 0.6 is 0 Å². The zero-order valence-electron chi connectivity index (χ0n) is 12.0. The Balaban J connectivity index is 2.22. The fourth-order valence-corrected chi connectivity index (χ4v) is 2.95. The van der Waals surface area contributed by atoms with Crippen molar-refractivity contribution in [1.82, 2.24) is 0 Å². The van der Waals surface area contributed by atoms with Crippen LogP contribution < -0.4 is 0 Å². The third-order valence-electron chi connectivity index (χ3n) is 4.25. The molecule has 0 unspecified atom stereocenters. The average Bonchev–Trinajstić information content (AvgIpc) is 2.29. The first-order chi connectivity index (χ1) is 8.21. The van der Waals surface area contributed by atoms with Gasteiger partial charge in [-0.15, -0.1) is 0 Å². The third kappa shape index (κ3) is 8.74. The predicted molar refractivity (Wildman–Crippen MR) is 78.8 cm³/mol. The molecule has 1 rings (SSSR count). The molecule has 0 N–H and O–H groups in total. The highest BCUT2D eigenvalue weighted by atomic mass is 14.2. The van der Waals surface area contributed by atoms with E-state index in [4.69, 9.17) is 7.85 Å². The van der Waals surface area contributed by atoms with Crippen LogP contribution in [0.1, 0.15) is 96.8 Å². The van der Waals surface area contributed by atoms with Crippen molar-refractivity contribution in [3.05, 3.63) is 0 Å². The van der Waals surface area contributed by atoms with Gasteiger partial charge in [-0.3, -0.25) is 0 Å². The van der Waals surface area contributed by atoms with Crippen LogP contribution in [0.5, 0.6) is 0 Å². The molecule has 0 atom stereocenters. The molecule has 1 aliphatic carbocycles. The van der Waals surface area contributed by atoms with E-state index in [-0.39, 0.29) is 5.31 Å². The molecular formula is C16H31B. The smallest absolute Gasteiger partial charge is 0.0688 e. The molecule has 0 aromatic carbocycles. The second-order valence-electron chi connectivity index (χ2n) is 6.40. The first-order valence-corrected chi connectivity index (χ1v) is 8.00. The minimum absolute atomic E-state index is 0.111. The van der Waals surface area contributed by atoms with Gasteiger partial charge in [0.15, 0.2) is 0 Å². The van der Waals surface area contributed by atoms with Crippen LogP contribution in [0.4, 0.5) is 0 Å². The van der Waals surface area contributed by atoms with Gasteiger partial charge in [0, 0.05) is 0 Å². The number of hydrogen-bond donors (Lipinski definition) is 0. The van der Waals surface area contributed by atoms with E-state index in [1.54, 1.807) is 0 Å². The highest BCUT2D eigenvalue weighted by molar-refractivity contribution is 6.14. The number of hydrogen-bond acceptors (Lipinski definition) is 0. The van der Waals surface area contributed by atoms with E-state index in [0.29, 0.717) is 0 Å². The lowest BCUT2D eigenvalue weighted by atomic mass is 9.64. The molecule has 0 nitrogen and oxygen atoms in total. The van der Waals surface area contributed by atoms with Crippen molar-refractivity contribution in [3.63, 3.8) is 0 Å². The maximum absolute atomic E-state index is 6.36. The van der Waals surface area contributed by atoms with Gasteiger partial charge in [-0.1, -0.05) is 102 Å². The molecule has 17 heavy (non-hydrogen) atoms. The van der Waals surface area contributed by atoms with Crippen LogP contribution in [0.2, 0.25) is 5.31 Å². The molecule has 0 amide bonds. The van der Waals surface area contributed by atoms with Crippen LogP contribution in [0.25, 0.3) is 0 Å². The van der Waals surface area contributed by atoms with Crippen molar-refractivity contribution in [3.8, 4) is 0 Å². The monoisotopic (exact) mass is 234 g/mol. The van der Waals surface area contributed by atoms with E-state index in [2.05, 4.69) is 6.92 Å². The van der Waals surface area contributed by atoms with E-state index in [1.807, 2.05) is 0 Å². The summed E-state index contributed by atoms with van der Waals surface area (Å²) in [5.74, 6) is 0. The largest absolute Gasteiger partial charge is 0.0742 e. The molecule has 0 bridgehead atoms. The summed E-state index contributed by atoms with van der Waals surface area (Å²) in [6.45, 7) is 2.26. The second-order valence-corrected chi connectivity index (χ2v) is 6.40. The maximum Gasteiger partial charge on any atom is 0.0742 e. The topological polar surface area (TPSA) is 0 Å². The number of rotatable bonds is 0. The minimum atomic E-state index is 0.111. The summed E-state index contributed by atoms with van der Waals surface area (Å²) in [6.07, 6.45) is 19.5. The molecule has 0 spiro atoms. The van der Waals surface area contributed by atoms with Crippen LogP contribution in [-0.2, 0) is 0 Å². The Morgan fingerprint density at radius 3 is 1.06 bits per heavy atom. The molecule has 1 heteroatoms. The quantitative estimate of drug-likeness (QED) is 0.464. The Labute approximate surface area is 110 Å². The van der Waals surface area contributed by atoms with E-state index < -0.39 is 0 Å². The fraction of sp³-hybridized carbons (Fsp3) is 1.00. The summed E-state index contributed by atoms with van der Waals surface area (Å²) in [5, 5.41) is 0.111. The zero-order chi connectivity index (χ0) is 12.4. The summed E-state index contributed by atoms with van der Waals surface area (Å²) >= 11 is 0. The SMILES string of the molecule is [B]C1(C)CCCCCCCCCCCCCC1. The van der Waals surface area contributed by atoms with Crippen molar-refractivity contribution >= 4 is 7.85 Å². The first-order valence-electron chi connectivity index (χ1n) is 8.00. The lowest BCUT2D eigenvalue weighted by molar-refractivity contribution is 0.453. The lowest BCUT2D eigenvalue weighted by Crippen LogP contribution is -2.08. The van der Waals surface area contributed by atoms with Gasteiger partial charge in [0.1, 0.15) is 0 Å². The van der Waals surface area contributed by atoms with Gasteiger partial charge in [-0.2, -0.15) is 0 Å². The lowest BCUT2D eigenvalue weighted by Gasteiger charge is -2.25. The summed E-state index contributed by atoms with van der Waals surface area (Å²) in [7, 11) is 6.36. The molecule has 0 heterocycles. The van der Waals surface area contributed by atoms with Gasteiger partial charge in [0.2, 0.25) is 0 Å². The van der Waals surface area contributed by atoms with E-state index in [9.17, 15) is 0 Å². The minimum Gasteiger partial charge on any atom is -0.0688 e. The van der Waals surface area contributed by atoms with Gasteiger partial charge in [0.25, 0.3) is 0 Å². The average molecular weight is 234 g/mol. The van der Waals surface area contributed by atoms with Crippen molar-refractivity contribution in [1.29, 1.82) is 0 Å². The summed E-state index contributed by atoms with van der Waals surface area (Å²) in [4.78, 5) is 0. The van der Waals surface area contributed by atoms with E-state index in [0.717, 1.165) is 0 Å². The zero-order valence-corrected chi connectivity index (χ0v) is 12.0. The molecule has 2 radical (unpaired) electrons. The fourth-order valence-electron chi connectivity index (χ4n) is 2.95. The third-order valence-corrected chi connectivity index (χ3v) is 4.25. The highest BCUT2D eigenvalue weighted by Gasteiger charge is 2.16. The molecule has 1 saturated carbocycles. The molecule has 98 valence electrons. The molecule has 1 fully saturated rings. The van der Waals surface area contributed by atoms with Gasteiger partial charge in [-0.05, 0) is 0 Å². The summed E-state index contributed by atoms with van der Waals surface area (Å²) in [5.41, 5.74) is 0. The highest BCUT2D eigenvalue weighted by Crippen LogP contribution is 2.34. The normalized spacial score (nSPS) is 25.7. The van der Waals surface area contributed by atoms with E-state index in [1.165, 1.54) is 89.9 Å². The Morgan fingerprint density at radius 2 is 0.765 bits per heavy atom. The standard InChI is InChI=1S/C16H31B/c1-16(17)14-12-10-8-6-4-2-3-5-7-9-11-13-15-16/h2-15H2,1H3. The summed E-state index contributed by atoms with van der Waals surface area (Å²) < 4.78 is 0. The molecule has 0 saturated heterocycles. The van der Waals surface area contributed by atoms with Crippen molar-refractivity contribution in [2.24, 2.45) is 0 Å². The molecule has 0 aromatic rings. The van der Waals surface area contributed by atoms with Gasteiger partial charge in [0.05, 0.1) is 7.85 Å². The Hall–Kier alpha value is 0.0649. The van der Waals surface area contributed by atoms with Crippen LogP contribution in [0.3, 0.4) is 0 Å².